The van der Waals surface area contributed by atoms with Crippen LogP contribution in [0.25, 0.3) is 0 Å². The molecule has 2 rings (SSSR count). The minimum Gasteiger partial charge on any atom is -0.490 e. The summed E-state index contributed by atoms with van der Waals surface area (Å²) in [6.45, 7) is 6.93. The van der Waals surface area contributed by atoms with Crippen molar-refractivity contribution >= 4 is 34.8 Å². The third-order valence-electron chi connectivity index (χ3n) is 3.96. The lowest BCUT2D eigenvalue weighted by Gasteiger charge is -2.24. The summed E-state index contributed by atoms with van der Waals surface area (Å²) in [5.41, 5.74) is 1.22. The van der Waals surface area contributed by atoms with E-state index >= 15 is 0 Å². The van der Waals surface area contributed by atoms with Crippen molar-refractivity contribution in [2.75, 3.05) is 13.2 Å². The maximum absolute atomic E-state index is 9.38. The number of rotatable bonds is 9. The van der Waals surface area contributed by atoms with Gasteiger partial charge >= 0.3 is 0 Å². The highest BCUT2D eigenvalue weighted by Crippen LogP contribution is 2.38. The number of hydrogen-bond donors (Lipinski definition) is 2. The zero-order chi connectivity index (χ0) is 20.0. The van der Waals surface area contributed by atoms with Crippen molar-refractivity contribution in [2.24, 2.45) is 0 Å². The van der Waals surface area contributed by atoms with E-state index in [4.69, 9.17) is 44.3 Å². The molecular weight excluding hydrogens is 409 g/mol. The van der Waals surface area contributed by atoms with Gasteiger partial charge in [0.1, 0.15) is 6.61 Å². The number of benzene rings is 2. The van der Waals surface area contributed by atoms with Crippen LogP contribution in [0.2, 0.25) is 15.1 Å². The Morgan fingerprint density at radius 3 is 2.30 bits per heavy atom. The number of aliphatic hydroxyl groups is 1. The maximum Gasteiger partial charge on any atom is 0.180 e. The first-order valence-electron chi connectivity index (χ1n) is 8.64. The molecule has 0 aliphatic rings. The summed E-state index contributed by atoms with van der Waals surface area (Å²) in [5.74, 6) is 0.992. The van der Waals surface area contributed by atoms with Gasteiger partial charge in [0.25, 0.3) is 0 Å². The number of hydrogen-bond acceptors (Lipinski definition) is 4. The van der Waals surface area contributed by atoms with Crippen LogP contribution in [0.5, 0.6) is 11.5 Å². The zero-order valence-corrected chi connectivity index (χ0v) is 17.9. The predicted molar refractivity (Wildman–Crippen MR) is 111 cm³/mol. The molecule has 0 radical (unpaired) electrons. The topological polar surface area (TPSA) is 50.7 Å². The molecule has 0 aliphatic heterocycles. The molecule has 2 N–H and O–H groups in total. The van der Waals surface area contributed by atoms with Crippen LogP contribution in [0.3, 0.4) is 0 Å². The highest BCUT2D eigenvalue weighted by atomic mass is 35.5. The van der Waals surface area contributed by atoms with Gasteiger partial charge in [0.05, 0.1) is 18.2 Å². The molecule has 0 unspecified atom stereocenters. The van der Waals surface area contributed by atoms with Gasteiger partial charge in [-0.15, -0.1) is 0 Å². The largest absolute Gasteiger partial charge is 0.490 e. The van der Waals surface area contributed by atoms with E-state index in [2.05, 4.69) is 5.32 Å². The molecule has 7 heteroatoms. The molecule has 2 aromatic carbocycles. The first-order valence-corrected chi connectivity index (χ1v) is 9.77. The van der Waals surface area contributed by atoms with Gasteiger partial charge in [-0.1, -0.05) is 40.9 Å². The van der Waals surface area contributed by atoms with Gasteiger partial charge in [-0.3, -0.25) is 0 Å². The fourth-order valence-electron chi connectivity index (χ4n) is 2.34. The van der Waals surface area contributed by atoms with Crippen molar-refractivity contribution in [1.82, 2.24) is 5.32 Å². The smallest absolute Gasteiger partial charge is 0.180 e. The minimum atomic E-state index is -0.395. The molecule has 0 heterocycles. The van der Waals surface area contributed by atoms with Crippen molar-refractivity contribution in [3.05, 3.63) is 56.5 Å². The van der Waals surface area contributed by atoms with E-state index in [9.17, 15) is 5.11 Å². The molecule has 2 aromatic rings. The van der Waals surface area contributed by atoms with Crippen molar-refractivity contribution in [3.8, 4) is 11.5 Å². The molecule has 0 saturated carbocycles. The third-order valence-corrected chi connectivity index (χ3v) is 4.95. The summed E-state index contributed by atoms with van der Waals surface area (Å²) in [7, 11) is 0. The lowest BCUT2D eigenvalue weighted by atomic mass is 10.1. The first kappa shape index (κ1) is 22.1. The van der Waals surface area contributed by atoms with Crippen molar-refractivity contribution in [2.45, 2.75) is 39.5 Å². The van der Waals surface area contributed by atoms with Gasteiger partial charge in [0, 0.05) is 27.7 Å². The monoisotopic (exact) mass is 431 g/mol. The molecule has 0 amide bonds. The fourth-order valence-corrected chi connectivity index (χ4v) is 3.13. The second kappa shape index (κ2) is 9.85. The summed E-state index contributed by atoms with van der Waals surface area (Å²) < 4.78 is 11.6. The highest BCUT2D eigenvalue weighted by molar-refractivity contribution is 6.36. The average molecular weight is 433 g/mol. The van der Waals surface area contributed by atoms with Crippen molar-refractivity contribution in [3.63, 3.8) is 0 Å². The molecule has 0 spiro atoms. The predicted octanol–water partition coefficient (Wildman–Crippen LogP) is 5.49. The summed E-state index contributed by atoms with van der Waals surface area (Å²) >= 11 is 18.9. The summed E-state index contributed by atoms with van der Waals surface area (Å²) in [6.07, 6.45) is 0. The Labute approximate surface area is 175 Å². The Kier molecular flexibility index (Phi) is 8.07. The Balaban J connectivity index is 2.22. The van der Waals surface area contributed by atoms with Gasteiger partial charge < -0.3 is 19.9 Å². The van der Waals surface area contributed by atoms with E-state index < -0.39 is 5.54 Å². The Morgan fingerprint density at radius 1 is 1.04 bits per heavy atom. The van der Waals surface area contributed by atoms with Crippen LogP contribution >= 0.6 is 34.8 Å². The normalized spacial score (nSPS) is 11.5. The van der Waals surface area contributed by atoms with E-state index in [1.165, 1.54) is 0 Å². The molecule has 0 saturated heterocycles. The number of nitrogens with one attached hydrogen (secondary N) is 1. The molecule has 0 aliphatic carbocycles. The Morgan fingerprint density at radius 2 is 1.70 bits per heavy atom. The second-order valence-corrected chi connectivity index (χ2v) is 7.94. The minimum absolute atomic E-state index is 0.0266. The van der Waals surface area contributed by atoms with Gasteiger partial charge in [-0.05, 0) is 50.6 Å². The Hall–Kier alpha value is -1.17. The van der Waals surface area contributed by atoms with E-state index in [0.717, 1.165) is 5.56 Å². The second-order valence-electron chi connectivity index (χ2n) is 6.72. The van der Waals surface area contributed by atoms with Crippen molar-refractivity contribution < 1.29 is 14.6 Å². The first-order chi connectivity index (χ1) is 12.8. The lowest BCUT2D eigenvalue weighted by molar-refractivity contribution is 0.187. The van der Waals surface area contributed by atoms with E-state index in [0.29, 0.717) is 45.3 Å². The molecule has 0 atom stereocenters. The Bertz CT molecular complexity index is 761. The SMILES string of the molecule is CCOc1cc(CNC(C)(C)CO)cc(Cl)c1OCc1c(Cl)cccc1Cl. The summed E-state index contributed by atoms with van der Waals surface area (Å²) in [5, 5.41) is 14.1. The number of aliphatic hydroxyl groups excluding tert-OH is 1. The number of halogens is 3. The highest BCUT2D eigenvalue weighted by Gasteiger charge is 2.18. The van der Waals surface area contributed by atoms with Crippen LogP contribution in [-0.2, 0) is 13.2 Å². The van der Waals surface area contributed by atoms with Crippen LogP contribution in [0, 0.1) is 0 Å². The van der Waals surface area contributed by atoms with Gasteiger partial charge in [-0.25, -0.2) is 0 Å². The molecule has 148 valence electrons. The van der Waals surface area contributed by atoms with Gasteiger partial charge in [0.2, 0.25) is 0 Å². The molecule has 0 fully saturated rings. The molecule has 0 aromatic heterocycles. The standard InChI is InChI=1S/C20H24Cl3NO3/c1-4-26-18-9-13(10-24-20(2,3)12-25)8-17(23)19(18)27-11-14-15(21)6-5-7-16(14)22/h5-9,24-25H,4,10-12H2,1-3H3. The van der Waals surface area contributed by atoms with Crippen LogP contribution in [-0.4, -0.2) is 23.9 Å². The summed E-state index contributed by atoms with van der Waals surface area (Å²) in [4.78, 5) is 0. The summed E-state index contributed by atoms with van der Waals surface area (Å²) in [6, 6.07) is 8.99. The molecule has 0 bridgehead atoms. The van der Waals surface area contributed by atoms with Gasteiger partial charge in [-0.2, -0.15) is 0 Å². The molecule has 27 heavy (non-hydrogen) atoms. The van der Waals surface area contributed by atoms with E-state index in [1.807, 2.05) is 32.9 Å². The number of ether oxygens (including phenoxy) is 2. The molecular formula is C20H24Cl3NO3. The van der Waals surface area contributed by atoms with Crippen molar-refractivity contribution in [1.29, 1.82) is 0 Å². The van der Waals surface area contributed by atoms with Crippen LogP contribution in [0.1, 0.15) is 31.9 Å². The lowest BCUT2D eigenvalue weighted by Crippen LogP contribution is -2.42. The van der Waals surface area contributed by atoms with Gasteiger partial charge in [0.15, 0.2) is 11.5 Å². The van der Waals surface area contributed by atoms with E-state index in [1.54, 1.807) is 18.2 Å². The third kappa shape index (κ3) is 6.16. The molecule has 4 nitrogen and oxygen atoms in total. The van der Waals surface area contributed by atoms with Crippen LogP contribution in [0.4, 0.5) is 0 Å². The van der Waals surface area contributed by atoms with E-state index in [-0.39, 0.29) is 13.2 Å². The quantitative estimate of drug-likeness (QED) is 0.550. The fraction of sp³-hybridized carbons (Fsp3) is 0.400. The van der Waals surface area contributed by atoms with Crippen LogP contribution in [0.15, 0.2) is 30.3 Å². The average Bonchev–Trinajstić information content (AvgIpc) is 2.61. The maximum atomic E-state index is 9.38. The van der Waals surface area contributed by atoms with Crippen LogP contribution < -0.4 is 14.8 Å². The zero-order valence-electron chi connectivity index (χ0n) is 15.6.